The Hall–Kier alpha value is 0.0600. The number of nitrogens with one attached hydrogen (secondary N) is 1. The number of aromatic nitrogens is 1. The number of thiazole rings is 1. The van der Waals surface area contributed by atoms with Gasteiger partial charge >= 0.3 is 0 Å². The van der Waals surface area contributed by atoms with Gasteiger partial charge in [-0.2, -0.15) is 0 Å². The highest BCUT2D eigenvalue weighted by Crippen LogP contribution is 2.33. The lowest BCUT2D eigenvalue weighted by Crippen LogP contribution is -2.11. The van der Waals surface area contributed by atoms with Gasteiger partial charge in [0, 0.05) is 16.4 Å². The molecule has 2 aromatic heterocycles. The van der Waals surface area contributed by atoms with E-state index in [4.69, 9.17) is 0 Å². The fourth-order valence-electron chi connectivity index (χ4n) is 1.20. The Bertz CT molecular complexity index is 441. The third-order valence-electron chi connectivity index (χ3n) is 1.93. The van der Waals surface area contributed by atoms with E-state index < -0.39 is 0 Å². The van der Waals surface area contributed by atoms with Crippen LogP contribution in [0.4, 0.5) is 0 Å². The third-order valence-corrected chi connectivity index (χ3v) is 4.64. The minimum atomic E-state index is 0. The number of nitrogens with zero attached hydrogens (tertiary/aromatic N) is 1. The summed E-state index contributed by atoms with van der Waals surface area (Å²) in [6.45, 7) is 3.95. The van der Waals surface area contributed by atoms with Gasteiger partial charge in [0.1, 0.15) is 5.01 Å². The average Bonchev–Trinajstić information content (AvgIpc) is 2.83. The molecule has 0 aliphatic heterocycles. The summed E-state index contributed by atoms with van der Waals surface area (Å²) in [5.41, 5.74) is 1.08. The van der Waals surface area contributed by atoms with E-state index in [9.17, 15) is 0 Å². The van der Waals surface area contributed by atoms with Crippen molar-refractivity contribution in [3.63, 3.8) is 0 Å². The highest BCUT2D eigenvalue weighted by Gasteiger charge is 2.08. The van der Waals surface area contributed by atoms with Gasteiger partial charge in [-0.15, -0.1) is 35.1 Å². The second kappa shape index (κ2) is 6.71. The predicted octanol–water partition coefficient (Wildman–Crippen LogP) is 4.17. The summed E-state index contributed by atoms with van der Waals surface area (Å²) < 4.78 is 1.13. The molecule has 0 aliphatic carbocycles. The molecule has 0 aliphatic rings. The van der Waals surface area contributed by atoms with E-state index >= 15 is 0 Å². The van der Waals surface area contributed by atoms with Crippen LogP contribution in [-0.2, 0) is 6.54 Å². The molecule has 2 heterocycles. The molecule has 1 N–H and O–H groups in total. The summed E-state index contributed by atoms with van der Waals surface area (Å²) in [7, 11) is 0. The Labute approximate surface area is 118 Å². The molecule has 2 aromatic rings. The Balaban J connectivity index is 0.00000128. The fourth-order valence-corrected chi connectivity index (χ4v) is 3.57. The lowest BCUT2D eigenvalue weighted by Gasteiger charge is -1.95. The summed E-state index contributed by atoms with van der Waals surface area (Å²) in [5, 5.41) is 8.61. The van der Waals surface area contributed by atoms with Crippen molar-refractivity contribution in [2.75, 3.05) is 6.54 Å². The van der Waals surface area contributed by atoms with Crippen molar-refractivity contribution in [2.45, 2.75) is 13.5 Å². The van der Waals surface area contributed by atoms with E-state index in [1.807, 2.05) is 0 Å². The lowest BCUT2D eigenvalue weighted by molar-refractivity contribution is 0.723. The van der Waals surface area contributed by atoms with Crippen LogP contribution in [-0.4, -0.2) is 11.5 Å². The molecular formula is C10H12BrClN2S2. The maximum atomic E-state index is 4.59. The van der Waals surface area contributed by atoms with Gasteiger partial charge in [-0.1, -0.05) is 6.92 Å². The van der Waals surface area contributed by atoms with E-state index in [0.717, 1.165) is 28.3 Å². The molecule has 0 atom stereocenters. The normalized spacial score (nSPS) is 10.1. The second-order valence-corrected chi connectivity index (χ2v) is 5.72. The number of thiophene rings is 1. The Morgan fingerprint density at radius 1 is 1.44 bits per heavy atom. The first kappa shape index (κ1) is 14.1. The number of rotatable bonds is 4. The SMILES string of the molecule is CCNCc1nc(-c2sccc2Br)cs1.Cl. The molecule has 0 radical (unpaired) electrons. The number of hydrogen-bond donors (Lipinski definition) is 1. The smallest absolute Gasteiger partial charge is 0.107 e. The van der Waals surface area contributed by atoms with Gasteiger partial charge in [0.25, 0.3) is 0 Å². The minimum absolute atomic E-state index is 0. The molecule has 0 fully saturated rings. The quantitative estimate of drug-likeness (QED) is 0.904. The highest BCUT2D eigenvalue weighted by atomic mass is 79.9. The van der Waals surface area contributed by atoms with Crippen molar-refractivity contribution in [2.24, 2.45) is 0 Å². The molecule has 6 heteroatoms. The van der Waals surface area contributed by atoms with Crippen LogP contribution in [0, 0.1) is 0 Å². The van der Waals surface area contributed by atoms with Gasteiger partial charge in [0.15, 0.2) is 0 Å². The van der Waals surface area contributed by atoms with Crippen LogP contribution < -0.4 is 5.32 Å². The summed E-state index contributed by atoms with van der Waals surface area (Å²) >= 11 is 6.95. The van der Waals surface area contributed by atoms with Crippen molar-refractivity contribution in [3.05, 3.63) is 26.3 Å². The van der Waals surface area contributed by atoms with E-state index in [2.05, 4.69) is 50.0 Å². The maximum absolute atomic E-state index is 4.59. The first-order valence-corrected chi connectivity index (χ1v) is 7.25. The zero-order chi connectivity index (χ0) is 10.7. The van der Waals surface area contributed by atoms with E-state index in [1.165, 1.54) is 4.88 Å². The molecule has 0 saturated heterocycles. The standard InChI is InChI=1S/C10H11BrN2S2.ClH/c1-2-12-5-9-13-8(6-15-9)10-7(11)3-4-14-10;/h3-4,6,12H,2,5H2,1H3;1H. The van der Waals surface area contributed by atoms with Crippen LogP contribution in [0.15, 0.2) is 21.3 Å². The van der Waals surface area contributed by atoms with Crippen molar-refractivity contribution in [1.82, 2.24) is 10.3 Å². The Kier molecular flexibility index (Phi) is 5.92. The van der Waals surface area contributed by atoms with E-state index in [-0.39, 0.29) is 12.4 Å². The maximum Gasteiger partial charge on any atom is 0.107 e. The van der Waals surface area contributed by atoms with Gasteiger partial charge in [0.05, 0.1) is 10.6 Å². The van der Waals surface area contributed by atoms with Crippen LogP contribution in [0.5, 0.6) is 0 Å². The van der Waals surface area contributed by atoms with Crippen LogP contribution in [0.25, 0.3) is 10.6 Å². The molecule has 88 valence electrons. The molecule has 16 heavy (non-hydrogen) atoms. The predicted molar refractivity (Wildman–Crippen MR) is 77.8 cm³/mol. The Morgan fingerprint density at radius 2 is 2.25 bits per heavy atom. The molecule has 2 rings (SSSR count). The summed E-state index contributed by atoms with van der Waals surface area (Å²) in [6.07, 6.45) is 0. The topological polar surface area (TPSA) is 24.9 Å². The van der Waals surface area contributed by atoms with Crippen LogP contribution in [0.2, 0.25) is 0 Å². The monoisotopic (exact) mass is 338 g/mol. The molecule has 0 amide bonds. The molecule has 0 saturated carbocycles. The zero-order valence-electron chi connectivity index (χ0n) is 8.70. The molecule has 0 unspecified atom stereocenters. The molecule has 0 spiro atoms. The van der Waals surface area contributed by atoms with Crippen LogP contribution >= 0.6 is 51.0 Å². The van der Waals surface area contributed by atoms with Crippen LogP contribution in [0.1, 0.15) is 11.9 Å². The lowest BCUT2D eigenvalue weighted by atomic mass is 10.4. The summed E-state index contributed by atoms with van der Waals surface area (Å²) in [6, 6.07) is 2.06. The molecule has 2 nitrogen and oxygen atoms in total. The second-order valence-electron chi connectivity index (χ2n) is 3.00. The minimum Gasteiger partial charge on any atom is -0.311 e. The molecular weight excluding hydrogens is 328 g/mol. The van der Waals surface area contributed by atoms with Gasteiger partial charge in [-0.25, -0.2) is 4.98 Å². The van der Waals surface area contributed by atoms with E-state index in [0.29, 0.717) is 0 Å². The van der Waals surface area contributed by atoms with Crippen LogP contribution in [0.3, 0.4) is 0 Å². The summed E-state index contributed by atoms with van der Waals surface area (Å²) in [4.78, 5) is 5.80. The zero-order valence-corrected chi connectivity index (χ0v) is 12.7. The van der Waals surface area contributed by atoms with Crippen molar-refractivity contribution in [1.29, 1.82) is 0 Å². The van der Waals surface area contributed by atoms with Crippen molar-refractivity contribution in [3.8, 4) is 10.6 Å². The van der Waals surface area contributed by atoms with Gasteiger partial charge < -0.3 is 5.32 Å². The summed E-state index contributed by atoms with van der Waals surface area (Å²) in [5.74, 6) is 0. The first-order valence-electron chi connectivity index (χ1n) is 4.69. The third kappa shape index (κ3) is 3.28. The van der Waals surface area contributed by atoms with Gasteiger partial charge in [0.2, 0.25) is 0 Å². The van der Waals surface area contributed by atoms with Crippen molar-refractivity contribution >= 4 is 51.0 Å². The number of halogens is 2. The van der Waals surface area contributed by atoms with Gasteiger partial charge in [-0.05, 0) is 33.9 Å². The average molecular weight is 340 g/mol. The van der Waals surface area contributed by atoms with E-state index in [1.54, 1.807) is 22.7 Å². The number of hydrogen-bond acceptors (Lipinski definition) is 4. The first-order chi connectivity index (χ1) is 7.31. The molecule has 0 bridgehead atoms. The largest absolute Gasteiger partial charge is 0.311 e. The Morgan fingerprint density at radius 3 is 2.88 bits per heavy atom. The van der Waals surface area contributed by atoms with Gasteiger partial charge in [-0.3, -0.25) is 0 Å². The highest BCUT2D eigenvalue weighted by molar-refractivity contribution is 9.10. The van der Waals surface area contributed by atoms with Crippen molar-refractivity contribution < 1.29 is 0 Å². The fraction of sp³-hybridized carbons (Fsp3) is 0.300. The molecule has 0 aromatic carbocycles.